The lowest BCUT2D eigenvalue weighted by Crippen LogP contribution is -2.29. The highest BCUT2D eigenvalue weighted by molar-refractivity contribution is 6.51. The molecule has 0 aliphatic carbocycles. The van der Waals surface area contributed by atoms with Crippen molar-refractivity contribution >= 4 is 34.7 Å². The van der Waals surface area contributed by atoms with Crippen LogP contribution in [0.4, 0.5) is 5.69 Å². The Bertz CT molecular complexity index is 1150. The average molecular weight is 422 g/mol. The number of anilines is 1. The smallest absolute Gasteiger partial charge is 0.300 e. The molecule has 6 heteroatoms. The number of carbonyl (C=O) groups excluding carboxylic acids is 2. The number of furan rings is 1. The Balaban J connectivity index is 1.91. The van der Waals surface area contributed by atoms with Crippen LogP contribution in [0, 0.1) is 6.92 Å². The molecule has 1 N–H and O–H groups in total. The normalized spacial score (nSPS) is 18.2. The van der Waals surface area contributed by atoms with Crippen molar-refractivity contribution in [3.63, 3.8) is 0 Å². The van der Waals surface area contributed by atoms with Gasteiger partial charge in [-0.05, 0) is 54.8 Å². The second-order valence-corrected chi connectivity index (χ2v) is 7.60. The van der Waals surface area contributed by atoms with Crippen molar-refractivity contribution < 1.29 is 19.1 Å². The van der Waals surface area contributed by atoms with Crippen LogP contribution in [0.5, 0.6) is 0 Å². The maximum atomic E-state index is 13.1. The zero-order chi connectivity index (χ0) is 21.4. The van der Waals surface area contributed by atoms with Crippen LogP contribution in [0.25, 0.3) is 5.76 Å². The minimum absolute atomic E-state index is 0.00597. The van der Waals surface area contributed by atoms with Crippen LogP contribution in [-0.4, -0.2) is 16.8 Å². The van der Waals surface area contributed by atoms with Gasteiger partial charge in [0.2, 0.25) is 0 Å². The fraction of sp³-hybridized carbons (Fsp3) is 0.167. The number of aliphatic hydroxyl groups excluding tert-OH is 1. The van der Waals surface area contributed by atoms with E-state index in [1.165, 1.54) is 11.2 Å². The van der Waals surface area contributed by atoms with Crippen LogP contribution in [0.1, 0.15) is 35.4 Å². The van der Waals surface area contributed by atoms with Crippen LogP contribution < -0.4 is 4.90 Å². The third-order valence-electron chi connectivity index (χ3n) is 5.31. The van der Waals surface area contributed by atoms with Gasteiger partial charge in [0.05, 0.1) is 11.8 Å². The minimum atomic E-state index is -0.884. The molecule has 1 fully saturated rings. The van der Waals surface area contributed by atoms with E-state index >= 15 is 0 Å². The predicted octanol–water partition coefficient (Wildman–Crippen LogP) is 5.43. The van der Waals surface area contributed by atoms with Crippen molar-refractivity contribution in [2.24, 2.45) is 0 Å². The van der Waals surface area contributed by atoms with Crippen molar-refractivity contribution in [3.8, 4) is 0 Å². The number of halogens is 1. The van der Waals surface area contributed by atoms with E-state index in [0.717, 1.165) is 17.5 Å². The molecule has 4 rings (SSSR count). The standard InChI is InChI=1S/C24H20ClNO4/c1-3-15-6-8-16(9-7-15)22(27)20-21(19-5-4-12-30-19)26(24(29)23(20)28)18-11-10-17(25)13-14(18)2/h4-13,21,27H,3H2,1-2H3/b22-20-. The maximum absolute atomic E-state index is 13.1. The lowest BCUT2D eigenvalue weighted by atomic mass is 9.98. The second-order valence-electron chi connectivity index (χ2n) is 7.17. The quantitative estimate of drug-likeness (QED) is 0.346. The molecule has 1 atom stereocenters. The van der Waals surface area contributed by atoms with Gasteiger partial charge < -0.3 is 9.52 Å². The number of nitrogens with zero attached hydrogens (tertiary/aromatic N) is 1. The largest absolute Gasteiger partial charge is 0.507 e. The van der Waals surface area contributed by atoms with Gasteiger partial charge in [-0.3, -0.25) is 14.5 Å². The molecule has 1 unspecified atom stereocenters. The third kappa shape index (κ3) is 3.31. The van der Waals surface area contributed by atoms with Gasteiger partial charge in [0.15, 0.2) is 0 Å². The molecule has 0 spiro atoms. The van der Waals surface area contributed by atoms with Gasteiger partial charge in [-0.25, -0.2) is 0 Å². The summed E-state index contributed by atoms with van der Waals surface area (Å²) >= 11 is 6.07. The molecular weight excluding hydrogens is 402 g/mol. The van der Waals surface area contributed by atoms with E-state index < -0.39 is 17.7 Å². The Hall–Kier alpha value is -3.31. The molecule has 0 saturated carbocycles. The Kier molecular flexibility index (Phi) is 5.22. The summed E-state index contributed by atoms with van der Waals surface area (Å²) in [6.45, 7) is 3.84. The molecule has 2 heterocycles. The molecule has 5 nitrogen and oxygen atoms in total. The van der Waals surface area contributed by atoms with Gasteiger partial charge in [-0.1, -0.05) is 42.8 Å². The van der Waals surface area contributed by atoms with Crippen LogP contribution in [0.2, 0.25) is 5.02 Å². The van der Waals surface area contributed by atoms with Crippen LogP contribution in [0.3, 0.4) is 0 Å². The molecule has 0 radical (unpaired) electrons. The number of hydrogen-bond donors (Lipinski definition) is 1. The molecule has 152 valence electrons. The van der Waals surface area contributed by atoms with Gasteiger partial charge in [0.1, 0.15) is 17.6 Å². The Morgan fingerprint density at radius 3 is 2.47 bits per heavy atom. The fourth-order valence-electron chi connectivity index (χ4n) is 3.74. The first-order chi connectivity index (χ1) is 14.4. The number of carbonyl (C=O) groups is 2. The molecule has 1 aliphatic heterocycles. The van der Waals surface area contributed by atoms with E-state index in [2.05, 4.69) is 0 Å². The van der Waals surface area contributed by atoms with Crippen molar-refractivity contribution in [1.82, 2.24) is 0 Å². The number of hydrogen-bond acceptors (Lipinski definition) is 4. The maximum Gasteiger partial charge on any atom is 0.300 e. The Morgan fingerprint density at radius 1 is 1.13 bits per heavy atom. The number of amides is 1. The molecular formula is C24H20ClNO4. The summed E-state index contributed by atoms with van der Waals surface area (Å²) in [4.78, 5) is 27.4. The molecule has 1 aromatic heterocycles. The monoisotopic (exact) mass is 421 g/mol. The molecule has 30 heavy (non-hydrogen) atoms. The first-order valence-corrected chi connectivity index (χ1v) is 10.00. The molecule has 1 aliphatic rings. The summed E-state index contributed by atoms with van der Waals surface area (Å²) in [7, 11) is 0. The second kappa shape index (κ2) is 7.84. The highest BCUT2D eigenvalue weighted by Crippen LogP contribution is 2.43. The number of aryl methyl sites for hydroxylation is 2. The van der Waals surface area contributed by atoms with E-state index in [-0.39, 0.29) is 11.3 Å². The summed E-state index contributed by atoms with van der Waals surface area (Å²) < 4.78 is 5.56. The lowest BCUT2D eigenvalue weighted by Gasteiger charge is -2.25. The summed E-state index contributed by atoms with van der Waals surface area (Å²) in [5.41, 5.74) is 2.83. The Labute approximate surface area is 179 Å². The first-order valence-electron chi connectivity index (χ1n) is 9.62. The molecule has 1 amide bonds. The van der Waals surface area contributed by atoms with E-state index in [4.69, 9.17) is 16.0 Å². The van der Waals surface area contributed by atoms with Gasteiger partial charge in [-0.2, -0.15) is 0 Å². The van der Waals surface area contributed by atoms with Crippen molar-refractivity contribution in [3.05, 3.63) is 93.9 Å². The zero-order valence-corrected chi connectivity index (χ0v) is 17.3. The summed E-state index contributed by atoms with van der Waals surface area (Å²) in [5.74, 6) is -1.34. The minimum Gasteiger partial charge on any atom is -0.507 e. The zero-order valence-electron chi connectivity index (χ0n) is 16.6. The van der Waals surface area contributed by atoms with E-state index in [1.54, 1.807) is 42.5 Å². The molecule has 1 saturated heterocycles. The summed E-state index contributed by atoms with van der Waals surface area (Å²) in [5, 5.41) is 11.6. The van der Waals surface area contributed by atoms with E-state index in [9.17, 15) is 14.7 Å². The lowest BCUT2D eigenvalue weighted by molar-refractivity contribution is -0.132. The molecule has 3 aromatic rings. The number of ketones is 1. The van der Waals surface area contributed by atoms with Gasteiger partial charge in [0, 0.05) is 16.3 Å². The van der Waals surface area contributed by atoms with Gasteiger partial charge >= 0.3 is 0 Å². The number of rotatable bonds is 4. The van der Waals surface area contributed by atoms with Crippen LogP contribution >= 0.6 is 11.6 Å². The van der Waals surface area contributed by atoms with E-state index in [0.29, 0.717) is 22.0 Å². The first kappa shape index (κ1) is 20.0. The molecule has 2 aromatic carbocycles. The fourth-order valence-corrected chi connectivity index (χ4v) is 3.97. The summed E-state index contributed by atoms with van der Waals surface area (Å²) in [6, 6.07) is 14.8. The van der Waals surface area contributed by atoms with Crippen molar-refractivity contribution in [1.29, 1.82) is 0 Å². The van der Waals surface area contributed by atoms with Crippen LogP contribution in [0.15, 0.2) is 70.9 Å². The van der Waals surface area contributed by atoms with Gasteiger partial charge in [0.25, 0.3) is 11.7 Å². The highest BCUT2D eigenvalue weighted by Gasteiger charge is 2.48. The topological polar surface area (TPSA) is 70.8 Å². The molecule has 0 bridgehead atoms. The van der Waals surface area contributed by atoms with Crippen LogP contribution in [-0.2, 0) is 16.0 Å². The van der Waals surface area contributed by atoms with E-state index in [1.807, 2.05) is 26.0 Å². The highest BCUT2D eigenvalue weighted by atomic mass is 35.5. The third-order valence-corrected chi connectivity index (χ3v) is 5.55. The Morgan fingerprint density at radius 2 is 1.87 bits per heavy atom. The SMILES string of the molecule is CCc1ccc(/C(O)=C2/C(=O)C(=O)N(c3ccc(Cl)cc3C)C2c2ccco2)cc1. The average Bonchev–Trinajstić information content (AvgIpc) is 3.35. The van der Waals surface area contributed by atoms with Crippen molar-refractivity contribution in [2.45, 2.75) is 26.3 Å². The number of benzene rings is 2. The van der Waals surface area contributed by atoms with Crippen molar-refractivity contribution in [2.75, 3.05) is 4.90 Å². The number of Topliss-reactive ketones (excluding diaryl/α,β-unsaturated/α-hetero) is 1. The van der Waals surface area contributed by atoms with Gasteiger partial charge in [-0.15, -0.1) is 0 Å². The summed E-state index contributed by atoms with van der Waals surface area (Å²) in [6.07, 6.45) is 2.33. The number of aliphatic hydroxyl groups is 1. The predicted molar refractivity (Wildman–Crippen MR) is 115 cm³/mol.